The van der Waals surface area contributed by atoms with Crippen molar-refractivity contribution >= 4 is 10.0 Å². The van der Waals surface area contributed by atoms with Gasteiger partial charge in [0.05, 0.1) is 6.04 Å². The maximum atomic E-state index is 13.4. The SMILES string of the molecule is Cc1ccc(S(=O)(=O)N2Cc3ccccc3C2c2cccc(O)c2)c(O)c1. The van der Waals surface area contributed by atoms with Crippen LogP contribution in [0, 0.1) is 6.92 Å². The molecule has 0 radical (unpaired) electrons. The highest BCUT2D eigenvalue weighted by molar-refractivity contribution is 7.89. The lowest BCUT2D eigenvalue weighted by Gasteiger charge is -2.25. The molecule has 0 saturated heterocycles. The quantitative estimate of drug-likeness (QED) is 0.725. The fraction of sp³-hybridized carbons (Fsp3) is 0.143. The number of benzene rings is 3. The molecule has 0 saturated carbocycles. The van der Waals surface area contributed by atoms with Crippen LogP contribution in [-0.4, -0.2) is 22.9 Å². The van der Waals surface area contributed by atoms with Gasteiger partial charge in [-0.1, -0.05) is 42.5 Å². The number of fused-ring (bicyclic) bond motifs is 1. The highest BCUT2D eigenvalue weighted by atomic mass is 32.2. The predicted octanol–water partition coefficient (Wildman–Crippen LogP) is 3.70. The van der Waals surface area contributed by atoms with Gasteiger partial charge in [0.25, 0.3) is 0 Å². The van der Waals surface area contributed by atoms with Crippen molar-refractivity contribution in [2.45, 2.75) is 24.4 Å². The molecule has 0 aliphatic carbocycles. The Morgan fingerprint density at radius 1 is 0.963 bits per heavy atom. The molecule has 1 atom stereocenters. The largest absolute Gasteiger partial charge is 0.508 e. The molecule has 3 aromatic rings. The predicted molar refractivity (Wildman–Crippen MR) is 102 cm³/mol. The zero-order valence-electron chi connectivity index (χ0n) is 14.7. The van der Waals surface area contributed by atoms with Crippen LogP contribution in [0.5, 0.6) is 11.5 Å². The number of phenolic OH excluding ortho intramolecular Hbond substituents is 2. The lowest BCUT2D eigenvalue weighted by molar-refractivity contribution is 0.381. The third-order valence-electron chi connectivity index (χ3n) is 4.85. The van der Waals surface area contributed by atoms with Crippen molar-refractivity contribution in [2.24, 2.45) is 0 Å². The zero-order chi connectivity index (χ0) is 19.2. The Labute approximate surface area is 158 Å². The van der Waals surface area contributed by atoms with Crippen LogP contribution in [-0.2, 0) is 16.6 Å². The van der Waals surface area contributed by atoms with E-state index in [2.05, 4.69) is 0 Å². The van der Waals surface area contributed by atoms with E-state index in [9.17, 15) is 18.6 Å². The summed E-state index contributed by atoms with van der Waals surface area (Å²) in [6.07, 6.45) is 0. The molecule has 27 heavy (non-hydrogen) atoms. The number of sulfonamides is 1. The van der Waals surface area contributed by atoms with E-state index in [1.54, 1.807) is 37.3 Å². The highest BCUT2D eigenvalue weighted by Crippen LogP contribution is 2.43. The Kier molecular flexibility index (Phi) is 4.17. The Balaban J connectivity index is 1.88. The van der Waals surface area contributed by atoms with Crippen molar-refractivity contribution in [3.8, 4) is 11.5 Å². The first kappa shape index (κ1) is 17.6. The van der Waals surface area contributed by atoms with Gasteiger partial charge in [-0.25, -0.2) is 8.42 Å². The number of nitrogens with zero attached hydrogens (tertiary/aromatic N) is 1. The van der Waals surface area contributed by atoms with Gasteiger partial charge in [0.15, 0.2) is 0 Å². The third kappa shape index (κ3) is 2.97. The van der Waals surface area contributed by atoms with Crippen molar-refractivity contribution in [1.82, 2.24) is 4.31 Å². The Hall–Kier alpha value is -2.83. The molecule has 1 aliphatic rings. The van der Waals surface area contributed by atoms with Gasteiger partial charge in [0.2, 0.25) is 10.0 Å². The Morgan fingerprint density at radius 2 is 1.74 bits per heavy atom. The first-order valence-corrected chi connectivity index (χ1v) is 10.00. The van der Waals surface area contributed by atoms with Crippen LogP contribution in [0.15, 0.2) is 71.6 Å². The molecular formula is C21H19NO4S. The van der Waals surface area contributed by atoms with Gasteiger partial charge in [-0.3, -0.25) is 0 Å². The van der Waals surface area contributed by atoms with Gasteiger partial charge in [-0.15, -0.1) is 0 Å². The van der Waals surface area contributed by atoms with Crippen LogP contribution >= 0.6 is 0 Å². The molecule has 1 aliphatic heterocycles. The average molecular weight is 381 g/mol. The van der Waals surface area contributed by atoms with E-state index < -0.39 is 16.1 Å². The standard InChI is InChI=1S/C21H19NO4S/c1-14-9-10-20(19(24)11-14)27(25,26)22-13-16-5-2-3-8-18(16)21(22)15-6-4-7-17(23)12-15/h2-12,21,23-24H,13H2,1H3. The first-order chi connectivity index (χ1) is 12.9. The van der Waals surface area contributed by atoms with Gasteiger partial charge < -0.3 is 10.2 Å². The molecule has 1 unspecified atom stereocenters. The summed E-state index contributed by atoms with van der Waals surface area (Å²) in [6.45, 7) is 1.99. The monoisotopic (exact) mass is 381 g/mol. The lowest BCUT2D eigenvalue weighted by Crippen LogP contribution is -2.30. The topological polar surface area (TPSA) is 77.8 Å². The minimum absolute atomic E-state index is 0.0763. The maximum Gasteiger partial charge on any atom is 0.247 e. The van der Waals surface area contributed by atoms with E-state index in [1.165, 1.54) is 16.4 Å². The second kappa shape index (κ2) is 6.40. The summed E-state index contributed by atoms with van der Waals surface area (Å²) in [5.41, 5.74) is 3.23. The maximum absolute atomic E-state index is 13.4. The summed E-state index contributed by atoms with van der Waals surface area (Å²) in [6, 6.07) is 18.1. The van der Waals surface area contributed by atoms with Crippen LogP contribution in [0.4, 0.5) is 0 Å². The summed E-state index contributed by atoms with van der Waals surface area (Å²) in [4.78, 5) is -0.119. The molecule has 0 bridgehead atoms. The van der Waals surface area contributed by atoms with Crippen LogP contribution in [0.1, 0.15) is 28.3 Å². The summed E-state index contributed by atoms with van der Waals surface area (Å²) in [5, 5.41) is 20.2. The van der Waals surface area contributed by atoms with E-state index in [1.807, 2.05) is 24.3 Å². The molecule has 4 rings (SSSR count). The molecule has 0 aromatic heterocycles. The summed E-state index contributed by atoms with van der Waals surface area (Å²) in [7, 11) is -3.96. The van der Waals surface area contributed by atoms with E-state index in [4.69, 9.17) is 0 Å². The van der Waals surface area contributed by atoms with Crippen molar-refractivity contribution in [1.29, 1.82) is 0 Å². The fourth-order valence-corrected chi connectivity index (χ4v) is 5.23. The van der Waals surface area contributed by atoms with Crippen LogP contribution in [0.3, 0.4) is 0 Å². The number of aryl methyl sites for hydroxylation is 1. The zero-order valence-corrected chi connectivity index (χ0v) is 15.5. The second-order valence-corrected chi connectivity index (χ2v) is 8.58. The average Bonchev–Trinajstić information content (AvgIpc) is 3.02. The van der Waals surface area contributed by atoms with Gasteiger partial charge >= 0.3 is 0 Å². The van der Waals surface area contributed by atoms with E-state index in [0.717, 1.165) is 16.7 Å². The smallest absolute Gasteiger partial charge is 0.247 e. The summed E-state index contributed by atoms with van der Waals surface area (Å²) < 4.78 is 28.2. The number of hydrogen-bond acceptors (Lipinski definition) is 4. The summed E-state index contributed by atoms with van der Waals surface area (Å²) >= 11 is 0. The molecule has 0 spiro atoms. The minimum atomic E-state index is -3.96. The molecule has 3 aromatic carbocycles. The Morgan fingerprint density at radius 3 is 2.48 bits per heavy atom. The molecule has 0 fully saturated rings. The summed E-state index contributed by atoms with van der Waals surface area (Å²) in [5.74, 6) is -0.187. The van der Waals surface area contributed by atoms with Gasteiger partial charge in [0, 0.05) is 6.54 Å². The number of aromatic hydroxyl groups is 2. The van der Waals surface area contributed by atoms with Gasteiger partial charge in [-0.05, 0) is 53.4 Å². The Bertz CT molecular complexity index is 1120. The van der Waals surface area contributed by atoms with E-state index in [-0.39, 0.29) is 22.9 Å². The van der Waals surface area contributed by atoms with E-state index >= 15 is 0 Å². The third-order valence-corrected chi connectivity index (χ3v) is 6.71. The van der Waals surface area contributed by atoms with Crippen LogP contribution < -0.4 is 0 Å². The second-order valence-electron chi connectivity index (χ2n) is 6.72. The van der Waals surface area contributed by atoms with Crippen molar-refractivity contribution in [2.75, 3.05) is 0 Å². The number of rotatable bonds is 3. The molecule has 5 nitrogen and oxygen atoms in total. The fourth-order valence-electron chi connectivity index (χ4n) is 3.60. The number of hydrogen-bond donors (Lipinski definition) is 2. The van der Waals surface area contributed by atoms with Crippen molar-refractivity contribution in [3.05, 3.63) is 89.0 Å². The van der Waals surface area contributed by atoms with Crippen molar-refractivity contribution in [3.63, 3.8) is 0 Å². The minimum Gasteiger partial charge on any atom is -0.508 e. The molecule has 2 N–H and O–H groups in total. The normalized spacial score (nSPS) is 17.0. The van der Waals surface area contributed by atoms with E-state index in [0.29, 0.717) is 5.56 Å². The van der Waals surface area contributed by atoms with Gasteiger partial charge in [-0.2, -0.15) is 4.31 Å². The number of phenols is 2. The lowest BCUT2D eigenvalue weighted by atomic mass is 9.98. The molecule has 138 valence electrons. The first-order valence-electron chi connectivity index (χ1n) is 8.56. The molecule has 1 heterocycles. The molecule has 6 heteroatoms. The van der Waals surface area contributed by atoms with Crippen molar-refractivity contribution < 1.29 is 18.6 Å². The van der Waals surface area contributed by atoms with Crippen LogP contribution in [0.2, 0.25) is 0 Å². The highest BCUT2D eigenvalue weighted by Gasteiger charge is 2.40. The molecule has 0 amide bonds. The van der Waals surface area contributed by atoms with Crippen LogP contribution in [0.25, 0.3) is 0 Å². The van der Waals surface area contributed by atoms with Gasteiger partial charge in [0.1, 0.15) is 16.4 Å². The molecular weight excluding hydrogens is 362 g/mol.